The van der Waals surface area contributed by atoms with Gasteiger partial charge in [0.1, 0.15) is 0 Å². The van der Waals surface area contributed by atoms with Crippen LogP contribution in [0.4, 0.5) is 4.79 Å². The van der Waals surface area contributed by atoms with Gasteiger partial charge in [0.15, 0.2) is 0 Å². The standard InChI is InChI=1S/C23H38N4O3S/c1-19(2)18-26-15-12-23(13-16-26)11-8-14-27(21(23)17-24-22(28)25(3)4)31(29,30)20-9-6-5-7-10-20/h5-7,9-10,19,21H,8,11-18H2,1-4H3,(H,24,28)/t21-/m1/s1. The minimum atomic E-state index is -3.63. The molecule has 2 aliphatic rings. The fourth-order valence-corrected chi connectivity index (χ4v) is 6.95. The number of benzene rings is 1. The SMILES string of the molecule is CC(C)CN1CCC2(CCCN(S(=O)(=O)c3ccccc3)[C@@H]2CNC(=O)N(C)C)CC1. The highest BCUT2D eigenvalue weighted by atomic mass is 32.2. The summed E-state index contributed by atoms with van der Waals surface area (Å²) in [7, 11) is -0.226. The van der Waals surface area contributed by atoms with E-state index in [1.807, 2.05) is 6.07 Å². The third kappa shape index (κ3) is 5.41. The van der Waals surface area contributed by atoms with Gasteiger partial charge in [-0.05, 0) is 62.2 Å². The Morgan fingerprint density at radius 1 is 1.13 bits per heavy atom. The molecule has 2 saturated heterocycles. The van der Waals surface area contributed by atoms with E-state index in [4.69, 9.17) is 0 Å². The number of nitrogens with zero attached hydrogens (tertiary/aromatic N) is 3. The van der Waals surface area contributed by atoms with Crippen LogP contribution >= 0.6 is 0 Å². The zero-order chi connectivity index (χ0) is 22.6. The average molecular weight is 451 g/mol. The van der Waals surface area contributed by atoms with E-state index in [1.54, 1.807) is 42.7 Å². The maximum atomic E-state index is 13.6. The maximum absolute atomic E-state index is 13.6. The maximum Gasteiger partial charge on any atom is 0.316 e. The van der Waals surface area contributed by atoms with Crippen LogP contribution in [-0.2, 0) is 10.0 Å². The zero-order valence-corrected chi connectivity index (χ0v) is 20.2. The van der Waals surface area contributed by atoms with Gasteiger partial charge in [-0.2, -0.15) is 4.31 Å². The van der Waals surface area contributed by atoms with Gasteiger partial charge in [-0.1, -0.05) is 32.0 Å². The van der Waals surface area contributed by atoms with Gasteiger partial charge in [0.2, 0.25) is 10.0 Å². The minimum Gasteiger partial charge on any atom is -0.336 e. The number of likely N-dealkylation sites (tertiary alicyclic amines) is 1. The fraction of sp³-hybridized carbons (Fsp3) is 0.696. The zero-order valence-electron chi connectivity index (χ0n) is 19.4. The van der Waals surface area contributed by atoms with Gasteiger partial charge >= 0.3 is 6.03 Å². The predicted octanol–water partition coefficient (Wildman–Crippen LogP) is 2.85. The summed E-state index contributed by atoms with van der Waals surface area (Å²) in [5.41, 5.74) is -0.104. The van der Waals surface area contributed by atoms with E-state index < -0.39 is 10.0 Å². The molecule has 2 aliphatic heterocycles. The van der Waals surface area contributed by atoms with Gasteiger partial charge in [0, 0.05) is 39.8 Å². The Morgan fingerprint density at radius 2 is 1.77 bits per heavy atom. The summed E-state index contributed by atoms with van der Waals surface area (Å²) < 4.78 is 28.9. The number of carbonyl (C=O) groups excluding carboxylic acids is 1. The number of urea groups is 1. The number of amides is 2. The van der Waals surface area contributed by atoms with Crippen LogP contribution in [0.5, 0.6) is 0 Å². The van der Waals surface area contributed by atoms with Crippen LogP contribution in [0.3, 0.4) is 0 Å². The highest BCUT2D eigenvalue weighted by molar-refractivity contribution is 7.89. The van der Waals surface area contributed by atoms with Crippen LogP contribution in [0, 0.1) is 11.3 Å². The molecule has 0 saturated carbocycles. The molecule has 2 heterocycles. The lowest BCUT2D eigenvalue weighted by molar-refractivity contribution is 0.00110. The molecule has 1 atom stereocenters. The Morgan fingerprint density at radius 3 is 2.35 bits per heavy atom. The quantitative estimate of drug-likeness (QED) is 0.723. The van der Waals surface area contributed by atoms with Crippen molar-refractivity contribution in [3.05, 3.63) is 30.3 Å². The van der Waals surface area contributed by atoms with Gasteiger partial charge < -0.3 is 15.1 Å². The van der Waals surface area contributed by atoms with Gasteiger partial charge in [-0.25, -0.2) is 13.2 Å². The van der Waals surface area contributed by atoms with E-state index in [-0.39, 0.29) is 17.5 Å². The molecule has 8 heteroatoms. The molecular weight excluding hydrogens is 412 g/mol. The highest BCUT2D eigenvalue weighted by Crippen LogP contribution is 2.46. The third-order valence-electron chi connectivity index (χ3n) is 6.79. The van der Waals surface area contributed by atoms with Crippen LogP contribution in [0.15, 0.2) is 35.2 Å². The Labute approximate surface area is 187 Å². The summed E-state index contributed by atoms with van der Waals surface area (Å²) in [5, 5.41) is 2.99. The Balaban J connectivity index is 1.88. The minimum absolute atomic E-state index is 0.104. The summed E-state index contributed by atoms with van der Waals surface area (Å²) in [6.07, 6.45) is 3.78. The second-order valence-electron chi connectivity index (χ2n) is 9.69. The highest BCUT2D eigenvalue weighted by Gasteiger charge is 2.49. The molecule has 31 heavy (non-hydrogen) atoms. The molecule has 7 nitrogen and oxygen atoms in total. The summed E-state index contributed by atoms with van der Waals surface area (Å²) in [4.78, 5) is 16.6. The summed E-state index contributed by atoms with van der Waals surface area (Å²) in [6.45, 7) is 8.34. The van der Waals surface area contributed by atoms with Crippen LogP contribution < -0.4 is 5.32 Å². The molecular formula is C23H38N4O3S. The van der Waals surface area contributed by atoms with Crippen molar-refractivity contribution >= 4 is 16.1 Å². The van der Waals surface area contributed by atoms with Crippen LogP contribution in [0.2, 0.25) is 0 Å². The monoisotopic (exact) mass is 450 g/mol. The van der Waals surface area contributed by atoms with Gasteiger partial charge in [0.05, 0.1) is 4.90 Å². The molecule has 174 valence electrons. The first kappa shape index (κ1) is 24.0. The smallest absolute Gasteiger partial charge is 0.316 e. The molecule has 0 unspecified atom stereocenters. The van der Waals surface area contributed by atoms with Gasteiger partial charge in [-0.15, -0.1) is 0 Å². The Kier molecular flexibility index (Phi) is 7.65. The van der Waals surface area contributed by atoms with Crippen molar-refractivity contribution in [3.63, 3.8) is 0 Å². The third-order valence-corrected chi connectivity index (χ3v) is 8.71. The summed E-state index contributed by atoms with van der Waals surface area (Å²) in [5.74, 6) is 0.616. The topological polar surface area (TPSA) is 73.0 Å². The van der Waals surface area contributed by atoms with Crippen LogP contribution in [0.1, 0.15) is 39.5 Å². The largest absolute Gasteiger partial charge is 0.336 e. The van der Waals surface area contributed by atoms with Crippen molar-refractivity contribution in [3.8, 4) is 0 Å². The molecule has 0 aliphatic carbocycles. The van der Waals surface area contributed by atoms with Crippen molar-refractivity contribution in [1.29, 1.82) is 0 Å². The van der Waals surface area contributed by atoms with Crippen molar-refractivity contribution in [1.82, 2.24) is 19.4 Å². The number of carbonyl (C=O) groups is 1. The molecule has 1 aromatic rings. The lowest BCUT2D eigenvalue weighted by Crippen LogP contribution is -2.61. The predicted molar refractivity (Wildman–Crippen MR) is 123 cm³/mol. The first-order valence-electron chi connectivity index (χ1n) is 11.4. The first-order valence-corrected chi connectivity index (χ1v) is 12.8. The molecule has 0 radical (unpaired) electrons. The van der Waals surface area contributed by atoms with Crippen LogP contribution in [0.25, 0.3) is 0 Å². The Bertz CT molecular complexity index is 834. The number of hydrogen-bond acceptors (Lipinski definition) is 4. The van der Waals surface area contributed by atoms with Crippen molar-refractivity contribution in [2.24, 2.45) is 11.3 Å². The van der Waals surface area contributed by atoms with Crippen molar-refractivity contribution in [2.45, 2.75) is 50.5 Å². The first-order chi connectivity index (χ1) is 14.7. The summed E-state index contributed by atoms with van der Waals surface area (Å²) in [6, 6.07) is 8.26. The number of sulfonamides is 1. The van der Waals surface area contributed by atoms with Crippen molar-refractivity contribution in [2.75, 3.05) is 46.8 Å². The Hall–Kier alpha value is -1.64. The lowest BCUT2D eigenvalue weighted by Gasteiger charge is -2.53. The lowest BCUT2D eigenvalue weighted by atomic mass is 9.67. The van der Waals surface area contributed by atoms with E-state index in [9.17, 15) is 13.2 Å². The normalized spacial score (nSPS) is 22.5. The van der Waals surface area contributed by atoms with E-state index >= 15 is 0 Å². The molecule has 1 N–H and O–H groups in total. The average Bonchev–Trinajstić information content (AvgIpc) is 2.74. The van der Waals surface area contributed by atoms with Crippen LogP contribution in [-0.4, -0.2) is 81.4 Å². The molecule has 1 spiro atoms. The molecule has 3 rings (SSSR count). The molecule has 2 amide bonds. The summed E-state index contributed by atoms with van der Waals surface area (Å²) >= 11 is 0. The van der Waals surface area contributed by atoms with Crippen molar-refractivity contribution < 1.29 is 13.2 Å². The fourth-order valence-electron chi connectivity index (χ4n) is 5.17. The number of rotatable bonds is 6. The molecule has 1 aromatic carbocycles. The second-order valence-corrected chi connectivity index (χ2v) is 11.6. The molecule has 2 fully saturated rings. The second kappa shape index (κ2) is 9.88. The number of piperidine rings is 2. The van der Waals surface area contributed by atoms with E-state index in [0.717, 1.165) is 45.3 Å². The number of hydrogen-bond donors (Lipinski definition) is 1. The van der Waals surface area contributed by atoms with E-state index in [2.05, 4.69) is 24.1 Å². The van der Waals surface area contributed by atoms with E-state index in [0.29, 0.717) is 23.9 Å². The molecule has 0 aromatic heterocycles. The van der Waals surface area contributed by atoms with E-state index in [1.165, 1.54) is 4.90 Å². The molecule has 0 bridgehead atoms. The van der Waals surface area contributed by atoms with Gasteiger partial charge in [0.25, 0.3) is 0 Å². The number of nitrogens with one attached hydrogen (secondary N) is 1. The van der Waals surface area contributed by atoms with Gasteiger partial charge in [-0.3, -0.25) is 0 Å².